The Morgan fingerprint density at radius 2 is 1.76 bits per heavy atom. The van der Waals surface area contributed by atoms with Gasteiger partial charge in [-0.1, -0.05) is 30.3 Å². The van der Waals surface area contributed by atoms with E-state index in [1.165, 1.54) is 24.5 Å². The fraction of sp³-hybridized carbons (Fsp3) is 0.200. The third-order valence-corrected chi connectivity index (χ3v) is 7.42. The van der Waals surface area contributed by atoms with Gasteiger partial charge < -0.3 is 10.3 Å². The van der Waals surface area contributed by atoms with Gasteiger partial charge in [-0.2, -0.15) is 5.10 Å². The van der Waals surface area contributed by atoms with Crippen molar-refractivity contribution in [3.8, 4) is 33.9 Å². The van der Waals surface area contributed by atoms with Crippen LogP contribution in [0.1, 0.15) is 18.4 Å². The molecule has 7 rings (SSSR count). The van der Waals surface area contributed by atoms with Crippen LogP contribution < -0.4 is 5.32 Å². The third kappa shape index (κ3) is 4.13. The summed E-state index contributed by atoms with van der Waals surface area (Å²) in [6.07, 6.45) is 9.06. The smallest absolute Gasteiger partial charge is 0.159 e. The zero-order valence-corrected chi connectivity index (χ0v) is 20.7. The molecule has 1 saturated heterocycles. The highest BCUT2D eigenvalue weighted by atomic mass is 19.1. The number of aromatic nitrogens is 6. The van der Waals surface area contributed by atoms with Gasteiger partial charge in [-0.15, -0.1) is 0 Å². The molecule has 0 aliphatic carbocycles. The summed E-state index contributed by atoms with van der Waals surface area (Å²) >= 11 is 0. The van der Waals surface area contributed by atoms with Crippen molar-refractivity contribution in [2.45, 2.75) is 19.3 Å². The fourth-order valence-corrected chi connectivity index (χ4v) is 5.45. The highest BCUT2D eigenvalue weighted by Crippen LogP contribution is 2.33. The van der Waals surface area contributed by atoms with Gasteiger partial charge in [0.05, 0.1) is 28.4 Å². The minimum atomic E-state index is -0.276. The van der Waals surface area contributed by atoms with Gasteiger partial charge in [0.25, 0.3) is 0 Å². The first-order valence-electron chi connectivity index (χ1n) is 13.0. The van der Waals surface area contributed by atoms with Gasteiger partial charge in [-0.3, -0.25) is 15.1 Å². The Balaban J connectivity index is 1.26. The van der Waals surface area contributed by atoms with Gasteiger partial charge in [-0.05, 0) is 68.1 Å². The van der Waals surface area contributed by atoms with E-state index in [4.69, 9.17) is 4.98 Å². The standard InChI is InChI=1S/C30H26FN7/c31-24-6-2-1-4-21(24)22-5-3-7-25-28(22)36-30(35-25)29-23-14-26(34-17-27(23)37-38-29)20-13-19(15-33-16-20)12-18-8-10-32-11-9-18/h1-7,13-18,32H,8-12H2,(H,35,36)(H,37,38). The zero-order chi connectivity index (χ0) is 25.5. The number of hydrogen-bond donors (Lipinski definition) is 3. The van der Waals surface area contributed by atoms with Crippen molar-refractivity contribution in [1.82, 2.24) is 35.5 Å². The molecule has 2 aromatic carbocycles. The highest BCUT2D eigenvalue weighted by Gasteiger charge is 2.18. The minimum absolute atomic E-state index is 0.276. The Bertz CT molecular complexity index is 1760. The Labute approximate surface area is 218 Å². The molecule has 0 unspecified atom stereocenters. The number of imidazole rings is 1. The summed E-state index contributed by atoms with van der Waals surface area (Å²) in [4.78, 5) is 17.4. The van der Waals surface area contributed by atoms with E-state index in [0.29, 0.717) is 28.5 Å². The molecule has 1 aliphatic heterocycles. The fourth-order valence-electron chi connectivity index (χ4n) is 5.45. The van der Waals surface area contributed by atoms with E-state index in [2.05, 4.69) is 36.5 Å². The molecule has 8 heteroatoms. The molecular weight excluding hydrogens is 477 g/mol. The van der Waals surface area contributed by atoms with Crippen LogP contribution in [-0.2, 0) is 6.42 Å². The first-order chi connectivity index (χ1) is 18.7. The van der Waals surface area contributed by atoms with Gasteiger partial charge in [0, 0.05) is 34.5 Å². The molecule has 0 amide bonds. The normalized spacial score (nSPS) is 14.4. The maximum Gasteiger partial charge on any atom is 0.159 e. The van der Waals surface area contributed by atoms with E-state index < -0.39 is 0 Å². The number of rotatable bonds is 5. The molecule has 1 fully saturated rings. The predicted molar refractivity (Wildman–Crippen MR) is 147 cm³/mol. The lowest BCUT2D eigenvalue weighted by molar-refractivity contribution is 0.372. The van der Waals surface area contributed by atoms with Crippen LogP contribution >= 0.6 is 0 Å². The SMILES string of the molecule is Fc1ccccc1-c1cccc2[nH]c(-c3n[nH]c4cnc(-c5cncc(CC6CCNCC6)c5)cc34)nc12. The van der Waals surface area contributed by atoms with Crippen molar-refractivity contribution in [2.75, 3.05) is 13.1 Å². The Kier molecular flexibility index (Phi) is 5.66. The summed E-state index contributed by atoms with van der Waals surface area (Å²) in [6, 6.07) is 16.7. The molecule has 0 bridgehead atoms. The topological polar surface area (TPSA) is 95.2 Å². The maximum absolute atomic E-state index is 14.6. The van der Waals surface area contributed by atoms with Crippen molar-refractivity contribution < 1.29 is 4.39 Å². The van der Waals surface area contributed by atoms with E-state index in [9.17, 15) is 4.39 Å². The molecule has 0 atom stereocenters. The van der Waals surface area contributed by atoms with Crippen LogP contribution in [-0.4, -0.2) is 43.2 Å². The molecule has 188 valence electrons. The van der Waals surface area contributed by atoms with Crippen molar-refractivity contribution >= 4 is 21.9 Å². The molecule has 5 heterocycles. The molecule has 4 aromatic heterocycles. The monoisotopic (exact) mass is 503 g/mol. The van der Waals surface area contributed by atoms with Gasteiger partial charge >= 0.3 is 0 Å². The van der Waals surface area contributed by atoms with Crippen molar-refractivity contribution in [3.63, 3.8) is 0 Å². The number of fused-ring (bicyclic) bond motifs is 2. The first kappa shape index (κ1) is 22.7. The van der Waals surface area contributed by atoms with E-state index >= 15 is 0 Å². The van der Waals surface area contributed by atoms with Gasteiger partial charge in [0.2, 0.25) is 0 Å². The number of piperidine rings is 1. The molecule has 0 spiro atoms. The minimum Gasteiger partial charge on any atom is -0.337 e. The van der Waals surface area contributed by atoms with Crippen LogP contribution in [0.5, 0.6) is 0 Å². The number of nitrogens with zero attached hydrogens (tertiary/aromatic N) is 4. The van der Waals surface area contributed by atoms with E-state index in [0.717, 1.165) is 52.8 Å². The quantitative estimate of drug-likeness (QED) is 0.272. The second kappa shape index (κ2) is 9.46. The van der Waals surface area contributed by atoms with Crippen molar-refractivity contribution in [3.05, 3.63) is 84.6 Å². The number of para-hydroxylation sites is 1. The van der Waals surface area contributed by atoms with E-state index in [1.807, 2.05) is 42.7 Å². The Hall–Kier alpha value is -4.43. The van der Waals surface area contributed by atoms with Crippen LogP contribution in [0.25, 0.3) is 55.8 Å². The van der Waals surface area contributed by atoms with Crippen molar-refractivity contribution in [2.24, 2.45) is 5.92 Å². The Morgan fingerprint density at radius 1 is 0.895 bits per heavy atom. The van der Waals surface area contributed by atoms with Gasteiger partial charge in [-0.25, -0.2) is 9.37 Å². The third-order valence-electron chi connectivity index (χ3n) is 7.42. The average Bonchev–Trinajstić information content (AvgIpc) is 3.58. The molecule has 3 N–H and O–H groups in total. The number of pyridine rings is 2. The summed E-state index contributed by atoms with van der Waals surface area (Å²) in [7, 11) is 0. The lowest BCUT2D eigenvalue weighted by Crippen LogP contribution is -2.28. The van der Waals surface area contributed by atoms with Crippen LogP contribution in [0.15, 0.2) is 73.2 Å². The van der Waals surface area contributed by atoms with Crippen LogP contribution in [0.4, 0.5) is 4.39 Å². The molecule has 38 heavy (non-hydrogen) atoms. The molecule has 1 aliphatic rings. The first-order valence-corrected chi connectivity index (χ1v) is 13.0. The second-order valence-corrected chi connectivity index (χ2v) is 9.93. The van der Waals surface area contributed by atoms with E-state index in [-0.39, 0.29) is 5.82 Å². The number of hydrogen-bond acceptors (Lipinski definition) is 5. The highest BCUT2D eigenvalue weighted by molar-refractivity contribution is 5.97. The van der Waals surface area contributed by atoms with Gasteiger partial charge in [0.15, 0.2) is 5.82 Å². The summed E-state index contributed by atoms with van der Waals surface area (Å²) in [6.45, 7) is 2.17. The van der Waals surface area contributed by atoms with Crippen LogP contribution in [0.3, 0.4) is 0 Å². The number of halogens is 1. The summed E-state index contributed by atoms with van der Waals surface area (Å²) in [5.41, 5.74) is 7.35. The number of H-pyrrole nitrogens is 2. The molecule has 0 radical (unpaired) electrons. The predicted octanol–water partition coefficient (Wildman–Crippen LogP) is 5.91. The maximum atomic E-state index is 14.6. The molecule has 0 saturated carbocycles. The molecule has 6 aromatic rings. The summed E-state index contributed by atoms with van der Waals surface area (Å²) < 4.78 is 14.6. The molecule has 7 nitrogen and oxygen atoms in total. The zero-order valence-electron chi connectivity index (χ0n) is 20.7. The van der Waals surface area contributed by atoms with Crippen LogP contribution in [0, 0.1) is 11.7 Å². The molecular formula is C30H26FN7. The number of benzene rings is 2. The van der Waals surface area contributed by atoms with Crippen LogP contribution in [0.2, 0.25) is 0 Å². The van der Waals surface area contributed by atoms with Gasteiger partial charge in [0.1, 0.15) is 11.5 Å². The Morgan fingerprint density at radius 3 is 2.66 bits per heavy atom. The number of aromatic amines is 2. The lowest BCUT2D eigenvalue weighted by Gasteiger charge is -2.22. The second-order valence-electron chi connectivity index (χ2n) is 9.93. The van der Waals surface area contributed by atoms with E-state index in [1.54, 1.807) is 18.3 Å². The lowest BCUT2D eigenvalue weighted by atomic mass is 9.91. The summed E-state index contributed by atoms with van der Waals surface area (Å²) in [5, 5.41) is 12.0. The summed E-state index contributed by atoms with van der Waals surface area (Å²) in [5.74, 6) is 1.03. The number of nitrogens with one attached hydrogen (secondary N) is 3. The van der Waals surface area contributed by atoms with Crippen molar-refractivity contribution in [1.29, 1.82) is 0 Å². The average molecular weight is 504 g/mol. The largest absolute Gasteiger partial charge is 0.337 e.